The molecule has 170 valence electrons. The molecule has 4 rings (SSSR count). The first-order valence-corrected chi connectivity index (χ1v) is 10.7. The summed E-state index contributed by atoms with van der Waals surface area (Å²) in [5.41, 5.74) is 1.73. The van der Waals surface area contributed by atoms with Gasteiger partial charge in [-0.2, -0.15) is 0 Å². The number of nitrogens with one attached hydrogen (secondary N) is 2. The van der Waals surface area contributed by atoms with Gasteiger partial charge in [-0.1, -0.05) is 12.1 Å². The summed E-state index contributed by atoms with van der Waals surface area (Å²) >= 11 is 0. The van der Waals surface area contributed by atoms with Gasteiger partial charge in [0, 0.05) is 18.9 Å². The van der Waals surface area contributed by atoms with Crippen molar-refractivity contribution in [3.63, 3.8) is 0 Å². The molecule has 3 N–H and O–H groups in total. The van der Waals surface area contributed by atoms with Gasteiger partial charge in [0.05, 0.1) is 31.6 Å². The SMILES string of the molecule is O=C(C[C@@H]1CC[C@@H](NC(=O)Cc2cccnc2)[C@@H](CO)O1)NCc1ccc2c(c1)OCO2. The number of fused-ring (bicyclic) bond motifs is 1. The standard InChI is InChI=1S/C23H27N3O6/c27-13-21-18(26-23(29)9-15-2-1-7-24-11-15)5-4-17(32-21)10-22(28)25-12-16-3-6-19-20(8-16)31-14-30-19/h1-3,6-8,11,17-18,21,27H,4-5,9-10,12-14H2,(H,25,28)(H,26,29)/t17-,18+,21+/m0/s1. The fraction of sp³-hybridized carbons (Fsp3) is 0.435. The predicted octanol–water partition coefficient (Wildman–Crippen LogP) is 1.08. The van der Waals surface area contributed by atoms with Crippen molar-refractivity contribution >= 4 is 11.8 Å². The van der Waals surface area contributed by atoms with Gasteiger partial charge in [-0.15, -0.1) is 0 Å². The Labute approximate surface area is 186 Å². The Morgan fingerprint density at radius 3 is 2.78 bits per heavy atom. The van der Waals surface area contributed by atoms with E-state index < -0.39 is 6.10 Å². The van der Waals surface area contributed by atoms with E-state index in [9.17, 15) is 14.7 Å². The highest BCUT2D eigenvalue weighted by Crippen LogP contribution is 2.32. The summed E-state index contributed by atoms with van der Waals surface area (Å²) in [5.74, 6) is 1.09. The number of pyridine rings is 1. The van der Waals surface area contributed by atoms with Crippen LogP contribution >= 0.6 is 0 Å². The first-order chi connectivity index (χ1) is 15.6. The van der Waals surface area contributed by atoms with Gasteiger partial charge in [-0.25, -0.2) is 0 Å². The molecule has 0 unspecified atom stereocenters. The lowest BCUT2D eigenvalue weighted by Crippen LogP contribution is -2.51. The molecule has 0 saturated carbocycles. The second-order valence-electron chi connectivity index (χ2n) is 7.94. The van der Waals surface area contributed by atoms with Crippen molar-refractivity contribution < 1.29 is 28.9 Å². The normalized spacial score (nSPS) is 21.7. The van der Waals surface area contributed by atoms with E-state index in [1.165, 1.54) is 0 Å². The van der Waals surface area contributed by atoms with Gasteiger partial charge in [-0.05, 0) is 42.2 Å². The zero-order valence-corrected chi connectivity index (χ0v) is 17.7. The van der Waals surface area contributed by atoms with E-state index in [2.05, 4.69) is 15.6 Å². The number of amides is 2. The van der Waals surface area contributed by atoms with Crippen molar-refractivity contribution in [1.82, 2.24) is 15.6 Å². The molecule has 9 heteroatoms. The first-order valence-electron chi connectivity index (χ1n) is 10.7. The molecule has 1 aromatic heterocycles. The third-order valence-corrected chi connectivity index (χ3v) is 5.57. The number of carbonyl (C=O) groups is 2. The third kappa shape index (κ3) is 5.74. The maximum absolute atomic E-state index is 12.4. The summed E-state index contributed by atoms with van der Waals surface area (Å²) in [6.07, 6.45) is 4.10. The van der Waals surface area contributed by atoms with Gasteiger partial charge in [0.1, 0.15) is 6.10 Å². The van der Waals surface area contributed by atoms with Crippen LogP contribution in [0.3, 0.4) is 0 Å². The number of rotatable bonds is 8. The van der Waals surface area contributed by atoms with Crippen molar-refractivity contribution in [3.05, 3.63) is 53.9 Å². The lowest BCUT2D eigenvalue weighted by molar-refractivity contribution is -0.135. The van der Waals surface area contributed by atoms with E-state index in [4.69, 9.17) is 14.2 Å². The van der Waals surface area contributed by atoms with Crippen LogP contribution in [0.2, 0.25) is 0 Å². The van der Waals surface area contributed by atoms with Crippen LogP contribution in [0.5, 0.6) is 11.5 Å². The lowest BCUT2D eigenvalue weighted by Gasteiger charge is -2.36. The molecule has 2 aromatic rings. The Morgan fingerprint density at radius 1 is 1.09 bits per heavy atom. The van der Waals surface area contributed by atoms with Gasteiger partial charge in [0.2, 0.25) is 18.6 Å². The molecule has 1 saturated heterocycles. The van der Waals surface area contributed by atoms with Gasteiger partial charge >= 0.3 is 0 Å². The highest BCUT2D eigenvalue weighted by molar-refractivity contribution is 5.79. The number of aliphatic hydroxyl groups excluding tert-OH is 1. The fourth-order valence-electron chi connectivity index (χ4n) is 3.92. The molecule has 0 aliphatic carbocycles. The summed E-state index contributed by atoms with van der Waals surface area (Å²) in [6, 6.07) is 8.88. The molecule has 32 heavy (non-hydrogen) atoms. The molecular weight excluding hydrogens is 414 g/mol. The molecule has 0 bridgehead atoms. The number of nitrogens with zero attached hydrogens (tertiary/aromatic N) is 1. The number of ether oxygens (including phenoxy) is 3. The van der Waals surface area contributed by atoms with E-state index in [0.717, 1.165) is 11.1 Å². The Hall–Kier alpha value is -3.17. The third-order valence-electron chi connectivity index (χ3n) is 5.57. The van der Waals surface area contributed by atoms with Crippen molar-refractivity contribution in [2.24, 2.45) is 0 Å². The van der Waals surface area contributed by atoms with Crippen LogP contribution in [-0.2, 0) is 27.3 Å². The van der Waals surface area contributed by atoms with Crippen molar-refractivity contribution in [2.75, 3.05) is 13.4 Å². The number of aliphatic hydroxyl groups is 1. The number of hydrogen-bond donors (Lipinski definition) is 3. The van der Waals surface area contributed by atoms with Gasteiger partial charge in [0.15, 0.2) is 11.5 Å². The van der Waals surface area contributed by atoms with Crippen molar-refractivity contribution in [3.8, 4) is 11.5 Å². The average Bonchev–Trinajstić information content (AvgIpc) is 3.27. The summed E-state index contributed by atoms with van der Waals surface area (Å²) < 4.78 is 16.5. The minimum absolute atomic E-state index is 0.136. The molecule has 2 aliphatic heterocycles. The number of aromatic nitrogens is 1. The average molecular weight is 441 g/mol. The van der Waals surface area contributed by atoms with Crippen LogP contribution in [0, 0.1) is 0 Å². The van der Waals surface area contributed by atoms with E-state index >= 15 is 0 Å². The number of hydrogen-bond acceptors (Lipinski definition) is 7. The molecule has 2 amide bonds. The second-order valence-corrected chi connectivity index (χ2v) is 7.94. The molecule has 3 atom stereocenters. The highest BCUT2D eigenvalue weighted by atomic mass is 16.7. The maximum atomic E-state index is 12.4. The topological polar surface area (TPSA) is 119 Å². The molecule has 1 fully saturated rings. The van der Waals surface area contributed by atoms with Crippen LogP contribution < -0.4 is 20.1 Å². The van der Waals surface area contributed by atoms with Crippen molar-refractivity contribution in [2.45, 2.75) is 50.5 Å². The summed E-state index contributed by atoms with van der Waals surface area (Å²) in [6.45, 7) is 0.354. The molecule has 2 aliphatic rings. The molecule has 0 radical (unpaired) electrons. The van der Waals surface area contributed by atoms with Gasteiger partial charge in [-0.3, -0.25) is 14.6 Å². The Morgan fingerprint density at radius 2 is 1.97 bits per heavy atom. The molecule has 9 nitrogen and oxygen atoms in total. The zero-order valence-electron chi connectivity index (χ0n) is 17.7. The Kier molecular flexibility index (Phi) is 7.18. The largest absolute Gasteiger partial charge is 0.454 e. The highest BCUT2D eigenvalue weighted by Gasteiger charge is 2.32. The maximum Gasteiger partial charge on any atom is 0.231 e. The van der Waals surface area contributed by atoms with Gasteiger partial charge in [0.25, 0.3) is 0 Å². The molecular formula is C23H27N3O6. The fourth-order valence-corrected chi connectivity index (χ4v) is 3.92. The van der Waals surface area contributed by atoms with E-state index in [1.807, 2.05) is 24.3 Å². The Balaban J connectivity index is 1.22. The minimum atomic E-state index is -0.548. The van der Waals surface area contributed by atoms with Crippen molar-refractivity contribution in [1.29, 1.82) is 0 Å². The zero-order chi connectivity index (χ0) is 22.3. The molecule has 0 spiro atoms. The number of carbonyl (C=O) groups excluding carboxylic acids is 2. The van der Waals surface area contributed by atoms with E-state index in [-0.39, 0.29) is 50.2 Å². The van der Waals surface area contributed by atoms with Crippen LogP contribution in [0.4, 0.5) is 0 Å². The van der Waals surface area contributed by atoms with Crippen LogP contribution in [-0.4, -0.2) is 53.6 Å². The molecule has 3 heterocycles. The monoisotopic (exact) mass is 441 g/mol. The van der Waals surface area contributed by atoms with Gasteiger partial charge < -0.3 is 30.0 Å². The summed E-state index contributed by atoms with van der Waals surface area (Å²) in [7, 11) is 0. The molecule has 1 aromatic carbocycles. The second kappa shape index (κ2) is 10.4. The van der Waals surface area contributed by atoms with E-state index in [0.29, 0.717) is 30.9 Å². The van der Waals surface area contributed by atoms with Crippen LogP contribution in [0.1, 0.15) is 30.4 Å². The van der Waals surface area contributed by atoms with Crippen LogP contribution in [0.15, 0.2) is 42.7 Å². The minimum Gasteiger partial charge on any atom is -0.454 e. The quantitative estimate of drug-likeness (QED) is 0.561. The van der Waals surface area contributed by atoms with E-state index in [1.54, 1.807) is 18.5 Å². The number of benzene rings is 1. The summed E-state index contributed by atoms with van der Waals surface area (Å²) in [5, 5.41) is 15.6. The smallest absolute Gasteiger partial charge is 0.231 e. The Bertz CT molecular complexity index is 939. The van der Waals surface area contributed by atoms with Crippen LogP contribution in [0.25, 0.3) is 0 Å². The lowest BCUT2D eigenvalue weighted by atomic mass is 9.96. The first kappa shape index (κ1) is 22.0. The summed E-state index contributed by atoms with van der Waals surface area (Å²) in [4.78, 5) is 28.7. The predicted molar refractivity (Wildman–Crippen MR) is 114 cm³/mol.